The maximum Gasteiger partial charge on any atom is 0.273 e. The van der Waals surface area contributed by atoms with Crippen molar-refractivity contribution in [2.24, 2.45) is 0 Å². The van der Waals surface area contributed by atoms with Crippen LogP contribution in [0.1, 0.15) is 53.3 Å². The second-order valence-corrected chi connectivity index (χ2v) is 10.4. The summed E-state index contributed by atoms with van der Waals surface area (Å²) in [6.07, 6.45) is 8.47. The first kappa shape index (κ1) is 22.4. The lowest BCUT2D eigenvalue weighted by Gasteiger charge is -2.41. The van der Waals surface area contributed by atoms with Crippen LogP contribution in [0.15, 0.2) is 60.9 Å². The van der Waals surface area contributed by atoms with E-state index < -0.39 is 0 Å². The molecule has 4 aromatic rings. The zero-order valence-corrected chi connectivity index (χ0v) is 21.0. The zero-order valence-electron chi connectivity index (χ0n) is 21.0. The number of carbonyl (C=O) groups is 1. The van der Waals surface area contributed by atoms with E-state index in [2.05, 4.69) is 54.6 Å². The van der Waals surface area contributed by atoms with Crippen LogP contribution in [0.4, 0.5) is 0 Å². The summed E-state index contributed by atoms with van der Waals surface area (Å²) >= 11 is 0. The van der Waals surface area contributed by atoms with Gasteiger partial charge in [-0.25, -0.2) is 15.0 Å². The van der Waals surface area contributed by atoms with Gasteiger partial charge in [-0.05, 0) is 49.3 Å². The van der Waals surface area contributed by atoms with Crippen LogP contribution in [-0.2, 0) is 6.54 Å². The number of nitrogens with zero attached hydrogens (tertiary/aromatic N) is 6. The number of ether oxygens (including phenoxy) is 1. The molecule has 188 valence electrons. The summed E-state index contributed by atoms with van der Waals surface area (Å²) in [7, 11) is 1.57. The van der Waals surface area contributed by atoms with Crippen molar-refractivity contribution < 1.29 is 9.53 Å². The highest BCUT2D eigenvalue weighted by molar-refractivity contribution is 5.93. The largest absolute Gasteiger partial charge is 0.481 e. The average Bonchev–Trinajstić information content (AvgIpc) is 3.68. The minimum Gasteiger partial charge on any atom is -0.481 e. The quantitative estimate of drug-likeness (QED) is 0.401. The fraction of sp³-hybridized carbons (Fsp3) is 0.379. The van der Waals surface area contributed by atoms with Crippen molar-refractivity contribution in [3.8, 4) is 17.1 Å². The Balaban J connectivity index is 1.15. The molecule has 37 heavy (non-hydrogen) atoms. The van der Waals surface area contributed by atoms with Crippen LogP contribution in [0.5, 0.6) is 5.88 Å². The molecule has 0 spiro atoms. The van der Waals surface area contributed by atoms with Gasteiger partial charge in [0, 0.05) is 55.7 Å². The van der Waals surface area contributed by atoms with E-state index in [1.54, 1.807) is 25.4 Å². The number of aromatic nitrogens is 4. The Labute approximate surface area is 215 Å². The summed E-state index contributed by atoms with van der Waals surface area (Å²) < 4.78 is 7.35. The van der Waals surface area contributed by atoms with Crippen LogP contribution in [0.25, 0.3) is 17.0 Å². The number of methoxy groups -OCH3 is 1. The molecule has 2 saturated heterocycles. The number of likely N-dealkylation sites (tertiary alicyclic amines) is 1. The maximum absolute atomic E-state index is 13.4. The first-order valence-electron chi connectivity index (χ1n) is 13.2. The van der Waals surface area contributed by atoms with Crippen molar-refractivity contribution in [2.45, 2.75) is 50.2 Å². The third kappa shape index (κ3) is 4.05. The highest BCUT2D eigenvalue weighted by atomic mass is 16.5. The van der Waals surface area contributed by atoms with Crippen LogP contribution < -0.4 is 4.74 Å². The van der Waals surface area contributed by atoms with Crippen LogP contribution in [0, 0.1) is 0 Å². The van der Waals surface area contributed by atoms with E-state index in [1.807, 2.05) is 12.1 Å². The lowest BCUT2D eigenvalue weighted by Crippen LogP contribution is -2.55. The molecule has 0 N–H and O–H groups in total. The first-order valence-corrected chi connectivity index (χ1v) is 13.2. The number of imidazole rings is 1. The number of fused-ring (bicyclic) bond motifs is 3. The summed E-state index contributed by atoms with van der Waals surface area (Å²) in [6.45, 7) is 2.43. The predicted octanol–water partition coefficient (Wildman–Crippen LogP) is 4.17. The lowest BCUT2D eigenvalue weighted by atomic mass is 10.0. The Morgan fingerprint density at radius 2 is 1.76 bits per heavy atom. The number of amides is 1. The van der Waals surface area contributed by atoms with E-state index >= 15 is 0 Å². The Morgan fingerprint density at radius 3 is 2.49 bits per heavy atom. The zero-order chi connectivity index (χ0) is 24.9. The van der Waals surface area contributed by atoms with Gasteiger partial charge in [-0.15, -0.1) is 0 Å². The standard InChI is InChI=1S/C29H30N6O2/c1-37-26-5-2-4-24(31-26)28(36)35-22-12-13-23(35)17-33(16-22)18-25-27(32-29-30-14-3-15-34(25)29)21-10-8-20(9-11-21)19-6-7-19/h2-5,8-11,14-15,19,22-23H,6-7,12-13,16-18H2,1H3. The van der Waals surface area contributed by atoms with Crippen LogP contribution in [-0.4, -0.2) is 67.3 Å². The van der Waals surface area contributed by atoms with Gasteiger partial charge in [0.25, 0.3) is 5.91 Å². The van der Waals surface area contributed by atoms with Gasteiger partial charge in [0.2, 0.25) is 11.7 Å². The van der Waals surface area contributed by atoms with E-state index in [1.165, 1.54) is 18.4 Å². The molecular formula is C29H30N6O2. The van der Waals surface area contributed by atoms with E-state index in [0.29, 0.717) is 11.6 Å². The molecule has 1 aromatic carbocycles. The van der Waals surface area contributed by atoms with Gasteiger partial charge < -0.3 is 9.64 Å². The fourth-order valence-corrected chi connectivity index (χ4v) is 6.09. The van der Waals surface area contributed by atoms with Gasteiger partial charge in [0.15, 0.2) is 0 Å². The number of rotatable bonds is 6. The van der Waals surface area contributed by atoms with Crippen LogP contribution in [0.3, 0.4) is 0 Å². The molecule has 3 aromatic heterocycles. The third-order valence-corrected chi connectivity index (χ3v) is 8.05. The first-order chi connectivity index (χ1) is 18.2. The van der Waals surface area contributed by atoms with E-state index in [0.717, 1.165) is 61.1 Å². The molecule has 2 unspecified atom stereocenters. The SMILES string of the molecule is COc1cccc(C(=O)N2C3CCC2CN(Cc2c(-c4ccc(C5CC5)cc4)nc4ncccn24)C3)n1. The van der Waals surface area contributed by atoms with E-state index in [-0.39, 0.29) is 18.0 Å². The normalized spacial score (nSPS) is 21.5. The number of carbonyl (C=O) groups excluding carboxylic acids is 1. The molecule has 8 nitrogen and oxygen atoms in total. The molecule has 3 fully saturated rings. The van der Waals surface area contributed by atoms with Crippen molar-refractivity contribution in [2.75, 3.05) is 20.2 Å². The van der Waals surface area contributed by atoms with Crippen molar-refractivity contribution >= 4 is 11.7 Å². The molecule has 2 bridgehead atoms. The Morgan fingerprint density at radius 1 is 0.973 bits per heavy atom. The Kier molecular flexibility index (Phi) is 5.43. The number of hydrogen-bond donors (Lipinski definition) is 0. The van der Waals surface area contributed by atoms with Crippen molar-refractivity contribution in [1.29, 1.82) is 0 Å². The summed E-state index contributed by atoms with van der Waals surface area (Å²) in [5.74, 6) is 1.93. The molecule has 8 heteroatoms. The average molecular weight is 495 g/mol. The van der Waals surface area contributed by atoms with Gasteiger partial charge >= 0.3 is 0 Å². The lowest BCUT2D eigenvalue weighted by molar-refractivity contribution is 0.0396. The molecule has 1 saturated carbocycles. The minimum atomic E-state index is 0.00138. The number of benzene rings is 1. The summed E-state index contributed by atoms with van der Waals surface area (Å²) in [5, 5.41) is 0. The second kappa shape index (κ2) is 8.95. The topological polar surface area (TPSA) is 75.9 Å². The Hall–Kier alpha value is -3.78. The molecule has 0 radical (unpaired) electrons. The molecular weight excluding hydrogens is 464 g/mol. The minimum absolute atomic E-state index is 0.00138. The van der Waals surface area contributed by atoms with Crippen LogP contribution >= 0.6 is 0 Å². The molecule has 5 heterocycles. The number of pyridine rings is 1. The monoisotopic (exact) mass is 494 g/mol. The summed E-state index contributed by atoms with van der Waals surface area (Å²) in [5.41, 5.74) is 5.15. The second-order valence-electron chi connectivity index (χ2n) is 10.4. The van der Waals surface area contributed by atoms with Gasteiger partial charge in [-0.2, -0.15) is 0 Å². The summed E-state index contributed by atoms with van der Waals surface area (Å²) in [4.78, 5) is 31.8. The molecule has 1 aliphatic carbocycles. The molecule has 2 atom stereocenters. The van der Waals surface area contributed by atoms with Gasteiger partial charge in [-0.1, -0.05) is 30.3 Å². The smallest absolute Gasteiger partial charge is 0.273 e. The third-order valence-electron chi connectivity index (χ3n) is 8.05. The van der Waals surface area contributed by atoms with Gasteiger partial charge in [0.05, 0.1) is 18.5 Å². The van der Waals surface area contributed by atoms with Crippen molar-refractivity contribution in [1.82, 2.24) is 29.2 Å². The van der Waals surface area contributed by atoms with Crippen LogP contribution in [0.2, 0.25) is 0 Å². The highest BCUT2D eigenvalue weighted by Gasteiger charge is 2.43. The van der Waals surface area contributed by atoms with E-state index in [9.17, 15) is 4.79 Å². The van der Waals surface area contributed by atoms with Crippen molar-refractivity contribution in [3.05, 3.63) is 77.9 Å². The molecule has 1 amide bonds. The Bertz CT molecular complexity index is 1450. The van der Waals surface area contributed by atoms with E-state index in [4.69, 9.17) is 9.72 Å². The maximum atomic E-state index is 13.4. The number of hydrogen-bond acceptors (Lipinski definition) is 6. The summed E-state index contributed by atoms with van der Waals surface area (Å²) in [6, 6.07) is 16.6. The predicted molar refractivity (Wildman–Crippen MR) is 139 cm³/mol. The molecule has 7 rings (SSSR count). The van der Waals surface area contributed by atoms with Crippen molar-refractivity contribution in [3.63, 3.8) is 0 Å². The fourth-order valence-electron chi connectivity index (χ4n) is 6.09. The molecule has 2 aliphatic heterocycles. The number of piperazine rings is 1. The van der Waals surface area contributed by atoms with Gasteiger partial charge in [-0.3, -0.25) is 14.1 Å². The molecule has 3 aliphatic rings. The van der Waals surface area contributed by atoms with Gasteiger partial charge in [0.1, 0.15) is 5.69 Å². The highest BCUT2D eigenvalue weighted by Crippen LogP contribution is 2.41.